The topological polar surface area (TPSA) is 69.4 Å². The highest BCUT2D eigenvalue weighted by Gasteiger charge is 2.29. The van der Waals surface area contributed by atoms with Crippen molar-refractivity contribution in [3.63, 3.8) is 0 Å². The van der Waals surface area contributed by atoms with Gasteiger partial charge >= 0.3 is 5.69 Å². The van der Waals surface area contributed by atoms with E-state index >= 15 is 0 Å². The number of amides is 1. The quantitative estimate of drug-likeness (QED) is 0.645. The van der Waals surface area contributed by atoms with E-state index in [4.69, 9.17) is 4.74 Å². The van der Waals surface area contributed by atoms with E-state index in [1.54, 1.807) is 12.0 Å². The SMILES string of the molecule is COc1ccc(CCn2nc3n(c2=O)CCN(Cc2cccc(C)c2)C3=O)cc1. The van der Waals surface area contributed by atoms with Gasteiger partial charge in [0.25, 0.3) is 5.91 Å². The molecule has 1 aromatic heterocycles. The van der Waals surface area contributed by atoms with Crippen molar-refractivity contribution < 1.29 is 9.53 Å². The van der Waals surface area contributed by atoms with Crippen LogP contribution in [-0.4, -0.2) is 38.8 Å². The van der Waals surface area contributed by atoms with Crippen LogP contribution in [-0.2, 0) is 26.1 Å². The molecule has 0 aliphatic carbocycles. The van der Waals surface area contributed by atoms with Crippen LogP contribution in [0.4, 0.5) is 0 Å². The zero-order valence-electron chi connectivity index (χ0n) is 16.7. The molecule has 7 nitrogen and oxygen atoms in total. The standard InChI is InChI=1S/C22H24N4O3/c1-16-4-3-5-18(14-16)15-24-12-13-25-20(21(24)27)23-26(22(25)28)11-10-17-6-8-19(29-2)9-7-17/h3-9,14H,10-13,15H2,1-2H3. The van der Waals surface area contributed by atoms with Crippen LogP contribution in [0.25, 0.3) is 0 Å². The van der Waals surface area contributed by atoms with E-state index in [1.165, 1.54) is 9.25 Å². The molecule has 0 spiro atoms. The van der Waals surface area contributed by atoms with Gasteiger partial charge in [-0.25, -0.2) is 9.48 Å². The first kappa shape index (κ1) is 19.0. The van der Waals surface area contributed by atoms with Gasteiger partial charge in [0.2, 0.25) is 5.82 Å². The van der Waals surface area contributed by atoms with Crippen LogP contribution in [0.2, 0.25) is 0 Å². The monoisotopic (exact) mass is 392 g/mol. The molecule has 2 heterocycles. The first-order valence-electron chi connectivity index (χ1n) is 9.70. The van der Waals surface area contributed by atoms with E-state index in [0.29, 0.717) is 32.6 Å². The Bertz CT molecular complexity index is 1080. The number of rotatable bonds is 6. The maximum atomic E-state index is 12.9. The number of benzene rings is 2. The smallest absolute Gasteiger partial charge is 0.346 e. The van der Waals surface area contributed by atoms with Crippen LogP contribution >= 0.6 is 0 Å². The van der Waals surface area contributed by atoms with E-state index in [9.17, 15) is 9.59 Å². The Morgan fingerprint density at radius 1 is 1.03 bits per heavy atom. The van der Waals surface area contributed by atoms with Gasteiger partial charge < -0.3 is 9.64 Å². The molecule has 29 heavy (non-hydrogen) atoms. The van der Waals surface area contributed by atoms with Crippen LogP contribution in [0.15, 0.2) is 53.3 Å². The summed E-state index contributed by atoms with van der Waals surface area (Å²) in [6.07, 6.45) is 0.654. The summed E-state index contributed by atoms with van der Waals surface area (Å²) in [5, 5.41) is 4.34. The maximum absolute atomic E-state index is 12.9. The summed E-state index contributed by atoms with van der Waals surface area (Å²) in [5.41, 5.74) is 3.09. The summed E-state index contributed by atoms with van der Waals surface area (Å²) in [7, 11) is 1.63. The first-order chi connectivity index (χ1) is 14.0. The minimum absolute atomic E-state index is 0.196. The number of methoxy groups -OCH3 is 1. The van der Waals surface area contributed by atoms with Gasteiger partial charge in [0.1, 0.15) is 5.75 Å². The summed E-state index contributed by atoms with van der Waals surface area (Å²) < 4.78 is 8.05. The number of nitrogens with zero attached hydrogens (tertiary/aromatic N) is 4. The maximum Gasteiger partial charge on any atom is 0.346 e. The third-order valence-electron chi connectivity index (χ3n) is 5.22. The van der Waals surface area contributed by atoms with Crippen molar-refractivity contribution in [3.05, 3.63) is 81.5 Å². The minimum atomic E-state index is -0.225. The molecule has 1 aliphatic heterocycles. The molecule has 1 aliphatic rings. The Hall–Kier alpha value is -3.35. The first-order valence-corrected chi connectivity index (χ1v) is 9.70. The number of aryl methyl sites for hydroxylation is 3. The number of aromatic nitrogens is 3. The van der Waals surface area contributed by atoms with E-state index in [0.717, 1.165) is 22.4 Å². The summed E-state index contributed by atoms with van der Waals surface area (Å²) in [4.78, 5) is 27.3. The van der Waals surface area contributed by atoms with Crippen LogP contribution in [0.3, 0.4) is 0 Å². The van der Waals surface area contributed by atoms with Gasteiger partial charge in [-0.15, -0.1) is 5.10 Å². The minimum Gasteiger partial charge on any atom is -0.497 e. The zero-order valence-corrected chi connectivity index (χ0v) is 16.7. The molecule has 0 fully saturated rings. The largest absolute Gasteiger partial charge is 0.497 e. The molecule has 1 amide bonds. The molecule has 0 N–H and O–H groups in total. The third-order valence-corrected chi connectivity index (χ3v) is 5.22. The second-order valence-corrected chi connectivity index (χ2v) is 7.29. The number of hydrogen-bond donors (Lipinski definition) is 0. The molecular weight excluding hydrogens is 368 g/mol. The summed E-state index contributed by atoms with van der Waals surface area (Å²) in [6, 6.07) is 15.8. The predicted molar refractivity (Wildman–Crippen MR) is 109 cm³/mol. The van der Waals surface area contributed by atoms with Crippen molar-refractivity contribution in [1.82, 2.24) is 19.2 Å². The average molecular weight is 392 g/mol. The van der Waals surface area contributed by atoms with Crippen LogP contribution in [0, 0.1) is 6.92 Å². The highest BCUT2D eigenvalue weighted by atomic mass is 16.5. The number of carbonyl (C=O) groups excluding carboxylic acids is 1. The van der Waals surface area contributed by atoms with Crippen molar-refractivity contribution in [2.24, 2.45) is 0 Å². The van der Waals surface area contributed by atoms with Crippen molar-refractivity contribution in [2.45, 2.75) is 33.0 Å². The zero-order chi connectivity index (χ0) is 20.4. The summed E-state index contributed by atoms with van der Waals surface area (Å²) >= 11 is 0. The lowest BCUT2D eigenvalue weighted by molar-refractivity contribution is 0.0681. The Balaban J connectivity index is 1.48. The van der Waals surface area contributed by atoms with Crippen LogP contribution in [0.1, 0.15) is 27.3 Å². The molecule has 0 radical (unpaired) electrons. The van der Waals surface area contributed by atoms with Gasteiger partial charge in [-0.1, -0.05) is 42.0 Å². The average Bonchev–Trinajstić information content (AvgIpc) is 3.05. The molecular formula is C22H24N4O3. The molecule has 2 aromatic carbocycles. The third kappa shape index (κ3) is 3.94. The highest BCUT2D eigenvalue weighted by Crippen LogP contribution is 2.15. The summed E-state index contributed by atoms with van der Waals surface area (Å²) in [5.74, 6) is 0.823. The lowest BCUT2D eigenvalue weighted by Gasteiger charge is -2.26. The lowest BCUT2D eigenvalue weighted by Crippen LogP contribution is -2.42. The molecule has 150 valence electrons. The van der Waals surface area contributed by atoms with Gasteiger partial charge in [-0.2, -0.15) is 0 Å². The van der Waals surface area contributed by atoms with Crippen LogP contribution in [0.5, 0.6) is 5.75 Å². The fourth-order valence-electron chi connectivity index (χ4n) is 3.62. The van der Waals surface area contributed by atoms with Crippen molar-refractivity contribution in [3.8, 4) is 5.75 Å². The second kappa shape index (κ2) is 7.95. The van der Waals surface area contributed by atoms with Gasteiger partial charge in [0.15, 0.2) is 0 Å². The van der Waals surface area contributed by atoms with E-state index in [-0.39, 0.29) is 17.4 Å². The van der Waals surface area contributed by atoms with Gasteiger partial charge in [-0.05, 0) is 36.6 Å². The Labute approximate surface area is 169 Å². The van der Waals surface area contributed by atoms with Crippen molar-refractivity contribution in [1.29, 1.82) is 0 Å². The van der Waals surface area contributed by atoms with Gasteiger partial charge in [0, 0.05) is 19.6 Å². The van der Waals surface area contributed by atoms with Crippen LogP contribution < -0.4 is 10.4 Å². The summed E-state index contributed by atoms with van der Waals surface area (Å²) in [6.45, 7) is 3.95. The Kier molecular flexibility index (Phi) is 5.20. The molecule has 0 saturated carbocycles. The van der Waals surface area contributed by atoms with Gasteiger partial charge in [-0.3, -0.25) is 9.36 Å². The fraction of sp³-hybridized carbons (Fsp3) is 0.318. The number of fused-ring (bicyclic) bond motifs is 1. The Morgan fingerprint density at radius 2 is 1.83 bits per heavy atom. The molecule has 4 rings (SSSR count). The molecule has 0 bridgehead atoms. The normalized spacial score (nSPS) is 13.4. The molecule has 0 atom stereocenters. The molecule has 7 heteroatoms. The second-order valence-electron chi connectivity index (χ2n) is 7.29. The number of carbonyl (C=O) groups is 1. The molecule has 0 saturated heterocycles. The van der Waals surface area contributed by atoms with E-state index in [2.05, 4.69) is 11.2 Å². The lowest BCUT2D eigenvalue weighted by atomic mass is 10.1. The van der Waals surface area contributed by atoms with E-state index < -0.39 is 0 Å². The van der Waals surface area contributed by atoms with Crippen molar-refractivity contribution >= 4 is 5.91 Å². The molecule has 3 aromatic rings. The highest BCUT2D eigenvalue weighted by molar-refractivity contribution is 5.91. The predicted octanol–water partition coefficient (Wildman–Crippen LogP) is 2.26. The molecule has 0 unspecified atom stereocenters. The van der Waals surface area contributed by atoms with Gasteiger partial charge in [0.05, 0.1) is 13.7 Å². The number of hydrogen-bond acceptors (Lipinski definition) is 4. The number of ether oxygens (including phenoxy) is 1. The fourth-order valence-corrected chi connectivity index (χ4v) is 3.62. The Morgan fingerprint density at radius 3 is 2.55 bits per heavy atom. The van der Waals surface area contributed by atoms with Crippen molar-refractivity contribution in [2.75, 3.05) is 13.7 Å². The van der Waals surface area contributed by atoms with E-state index in [1.807, 2.05) is 49.4 Å².